The van der Waals surface area contributed by atoms with E-state index in [4.69, 9.17) is 11.6 Å². The van der Waals surface area contributed by atoms with E-state index >= 15 is 0 Å². The molecule has 0 saturated heterocycles. The molecule has 1 aromatic rings. The lowest BCUT2D eigenvalue weighted by atomic mass is 9.96. The minimum Gasteiger partial charge on any atom is -0.480 e. The summed E-state index contributed by atoms with van der Waals surface area (Å²) in [4.78, 5) is 11.5. The fraction of sp³-hybridized carbons (Fsp3) is 0.533. The van der Waals surface area contributed by atoms with Crippen LogP contribution in [0.3, 0.4) is 0 Å². The molecule has 21 heavy (non-hydrogen) atoms. The molecule has 1 saturated carbocycles. The molecule has 116 valence electrons. The second kappa shape index (κ2) is 6.79. The first-order chi connectivity index (χ1) is 9.94. The minimum absolute atomic E-state index is 0.0803. The first-order valence-electron chi connectivity index (χ1n) is 7.16. The lowest BCUT2D eigenvalue weighted by molar-refractivity contribution is -0.137. The second-order valence-corrected chi connectivity index (χ2v) is 7.93. The zero-order valence-electron chi connectivity index (χ0n) is 11.7. The smallest absolute Gasteiger partial charge is 0.322 e. The van der Waals surface area contributed by atoms with E-state index in [1.54, 1.807) is 12.1 Å². The van der Waals surface area contributed by atoms with Crippen LogP contribution in [0, 0.1) is 5.92 Å². The molecule has 1 unspecified atom stereocenters. The number of carbonyl (C=O) groups is 1. The zero-order valence-corrected chi connectivity index (χ0v) is 13.2. The molecule has 1 aliphatic rings. The molecule has 1 N–H and O–H groups in total. The largest absolute Gasteiger partial charge is 0.480 e. The summed E-state index contributed by atoms with van der Waals surface area (Å²) in [6, 6.07) is 6.04. The molecule has 0 amide bonds. The quantitative estimate of drug-likeness (QED) is 0.857. The number of rotatable bonds is 4. The van der Waals surface area contributed by atoms with Crippen LogP contribution in [-0.2, 0) is 14.6 Å². The van der Waals surface area contributed by atoms with Gasteiger partial charge in [0.1, 0.15) is 0 Å². The Morgan fingerprint density at radius 1 is 1.14 bits per heavy atom. The lowest BCUT2D eigenvalue weighted by Crippen LogP contribution is -2.37. The highest BCUT2D eigenvalue weighted by Crippen LogP contribution is 2.34. The summed E-state index contributed by atoms with van der Waals surface area (Å²) >= 11 is 5.96. The molecule has 6 heteroatoms. The molecule has 2 rings (SSSR count). The zero-order chi connectivity index (χ0) is 15.5. The van der Waals surface area contributed by atoms with Gasteiger partial charge in [-0.05, 0) is 30.9 Å². The molecule has 0 radical (unpaired) electrons. The van der Waals surface area contributed by atoms with Gasteiger partial charge in [-0.3, -0.25) is 4.79 Å². The molecule has 4 nitrogen and oxygen atoms in total. The molecule has 1 fully saturated rings. The van der Waals surface area contributed by atoms with Crippen molar-refractivity contribution in [1.82, 2.24) is 0 Å². The Hall–Kier alpha value is -1.07. The summed E-state index contributed by atoms with van der Waals surface area (Å²) < 4.78 is 25.5. The maximum atomic E-state index is 12.7. The summed E-state index contributed by atoms with van der Waals surface area (Å²) in [6.07, 6.45) is 5.12. The predicted molar refractivity (Wildman–Crippen MR) is 81.3 cm³/mol. The Balaban J connectivity index is 2.41. The fourth-order valence-corrected chi connectivity index (χ4v) is 5.40. The van der Waals surface area contributed by atoms with Crippen molar-refractivity contribution in [1.29, 1.82) is 0 Å². The number of aliphatic carboxylic acids is 1. The maximum absolute atomic E-state index is 12.7. The van der Waals surface area contributed by atoms with Crippen LogP contribution in [0.1, 0.15) is 38.5 Å². The summed E-state index contributed by atoms with van der Waals surface area (Å²) in [6.45, 7) is 0. The van der Waals surface area contributed by atoms with Gasteiger partial charge in [0.15, 0.2) is 15.1 Å². The van der Waals surface area contributed by atoms with Crippen LogP contribution in [0.15, 0.2) is 29.2 Å². The van der Waals surface area contributed by atoms with E-state index in [1.165, 1.54) is 12.1 Å². The fourth-order valence-electron chi connectivity index (χ4n) is 3.01. The third-order valence-electron chi connectivity index (χ3n) is 4.05. The summed E-state index contributed by atoms with van der Waals surface area (Å²) in [7, 11) is -3.98. The number of hydrogen-bond donors (Lipinski definition) is 1. The SMILES string of the molecule is O=C(O)C(C1CCCCCC1)S(=O)(=O)c1ccccc1Cl. The van der Waals surface area contributed by atoms with Crippen LogP contribution < -0.4 is 0 Å². The van der Waals surface area contributed by atoms with Crippen LogP contribution in [-0.4, -0.2) is 24.7 Å². The van der Waals surface area contributed by atoms with Crippen LogP contribution in [0.25, 0.3) is 0 Å². The van der Waals surface area contributed by atoms with Gasteiger partial charge in [-0.1, -0.05) is 49.4 Å². The third-order valence-corrected chi connectivity index (χ3v) is 6.71. The molecular formula is C15H19ClO4S. The van der Waals surface area contributed by atoms with E-state index in [0.717, 1.165) is 25.7 Å². The highest BCUT2D eigenvalue weighted by molar-refractivity contribution is 7.93. The van der Waals surface area contributed by atoms with E-state index in [-0.39, 0.29) is 15.8 Å². The average Bonchev–Trinajstić information content (AvgIpc) is 2.67. The van der Waals surface area contributed by atoms with E-state index < -0.39 is 21.1 Å². The average molecular weight is 331 g/mol. The van der Waals surface area contributed by atoms with Crippen molar-refractivity contribution >= 4 is 27.4 Å². The number of sulfone groups is 1. The van der Waals surface area contributed by atoms with E-state index in [1.807, 2.05) is 0 Å². The standard InChI is InChI=1S/C15H19ClO4S/c16-12-9-5-6-10-13(12)21(19,20)14(15(17)18)11-7-3-1-2-4-8-11/h5-6,9-11,14H,1-4,7-8H2,(H,17,18). The second-order valence-electron chi connectivity index (χ2n) is 5.49. The summed E-state index contributed by atoms with van der Waals surface area (Å²) in [5, 5.41) is 8.16. The molecule has 0 aromatic heterocycles. The first kappa shape index (κ1) is 16.3. The van der Waals surface area contributed by atoms with Crippen LogP contribution in [0.2, 0.25) is 5.02 Å². The molecule has 0 aliphatic heterocycles. The number of hydrogen-bond acceptors (Lipinski definition) is 3. The normalized spacial score (nSPS) is 18.9. The van der Waals surface area contributed by atoms with Gasteiger partial charge in [0, 0.05) is 0 Å². The van der Waals surface area contributed by atoms with Gasteiger partial charge >= 0.3 is 5.97 Å². The Kier molecular flexibility index (Phi) is 5.27. The van der Waals surface area contributed by atoms with Gasteiger partial charge in [0.25, 0.3) is 0 Å². The number of carboxylic acid groups (broad SMARTS) is 1. The third kappa shape index (κ3) is 3.58. The highest BCUT2D eigenvalue weighted by Gasteiger charge is 2.41. The van der Waals surface area contributed by atoms with Gasteiger partial charge in [-0.2, -0.15) is 0 Å². The Morgan fingerprint density at radius 2 is 1.71 bits per heavy atom. The van der Waals surface area contributed by atoms with Crippen molar-refractivity contribution in [2.45, 2.75) is 48.7 Å². The van der Waals surface area contributed by atoms with Gasteiger partial charge in [-0.15, -0.1) is 0 Å². The van der Waals surface area contributed by atoms with Gasteiger partial charge in [0.2, 0.25) is 0 Å². The van der Waals surface area contributed by atoms with Crippen molar-refractivity contribution < 1.29 is 18.3 Å². The first-order valence-corrected chi connectivity index (χ1v) is 9.08. The van der Waals surface area contributed by atoms with Crippen LogP contribution in [0.5, 0.6) is 0 Å². The van der Waals surface area contributed by atoms with Crippen molar-refractivity contribution in [3.05, 3.63) is 29.3 Å². The predicted octanol–water partition coefficient (Wildman–Crippen LogP) is 3.54. The maximum Gasteiger partial charge on any atom is 0.322 e. The summed E-state index contributed by atoms with van der Waals surface area (Å²) in [5.74, 6) is -1.62. The highest BCUT2D eigenvalue weighted by atomic mass is 35.5. The Labute approximate surface area is 130 Å². The molecular weight excluding hydrogens is 312 g/mol. The molecule has 0 spiro atoms. The molecule has 0 heterocycles. The Morgan fingerprint density at radius 3 is 2.24 bits per heavy atom. The molecule has 1 aliphatic carbocycles. The summed E-state index contributed by atoms with van der Waals surface area (Å²) in [5.41, 5.74) is 0. The molecule has 1 aromatic carbocycles. The van der Waals surface area contributed by atoms with Gasteiger partial charge in [0.05, 0.1) is 9.92 Å². The van der Waals surface area contributed by atoms with E-state index in [9.17, 15) is 18.3 Å². The Bertz CT molecular complexity index is 604. The topological polar surface area (TPSA) is 71.4 Å². The molecule has 0 bridgehead atoms. The number of carboxylic acids is 1. The monoisotopic (exact) mass is 330 g/mol. The van der Waals surface area contributed by atoms with Gasteiger partial charge < -0.3 is 5.11 Å². The van der Waals surface area contributed by atoms with Crippen molar-refractivity contribution in [3.8, 4) is 0 Å². The minimum atomic E-state index is -3.98. The number of benzene rings is 1. The van der Waals surface area contributed by atoms with E-state index in [2.05, 4.69) is 0 Å². The van der Waals surface area contributed by atoms with E-state index in [0.29, 0.717) is 12.8 Å². The van der Waals surface area contributed by atoms with Crippen molar-refractivity contribution in [2.24, 2.45) is 5.92 Å². The van der Waals surface area contributed by atoms with Crippen LogP contribution in [0.4, 0.5) is 0 Å². The number of halogens is 1. The van der Waals surface area contributed by atoms with Crippen molar-refractivity contribution in [2.75, 3.05) is 0 Å². The van der Waals surface area contributed by atoms with Crippen molar-refractivity contribution in [3.63, 3.8) is 0 Å². The molecule has 1 atom stereocenters. The van der Waals surface area contributed by atoms with Crippen LogP contribution >= 0.6 is 11.6 Å². The lowest BCUT2D eigenvalue weighted by Gasteiger charge is -2.23. The van der Waals surface area contributed by atoms with Gasteiger partial charge in [-0.25, -0.2) is 8.42 Å².